The van der Waals surface area contributed by atoms with Crippen LogP contribution in [0.25, 0.3) is 0 Å². The third-order valence-electron chi connectivity index (χ3n) is 5.08. The van der Waals surface area contributed by atoms with E-state index in [1.165, 1.54) is 9.75 Å². The highest BCUT2D eigenvalue weighted by Gasteiger charge is 2.36. The lowest BCUT2D eigenvalue weighted by atomic mass is 9.82. The predicted octanol–water partition coefficient (Wildman–Crippen LogP) is 5.79. The second kappa shape index (κ2) is 6.41. The molecule has 0 amide bonds. The van der Waals surface area contributed by atoms with Gasteiger partial charge in [-0.3, -0.25) is 4.79 Å². The molecule has 2 aromatic heterocycles. The first-order valence-corrected chi connectivity index (χ1v) is 10.5. The average Bonchev–Trinajstić information content (AvgIpc) is 3.33. The third-order valence-corrected chi connectivity index (χ3v) is 7.05. The third kappa shape index (κ3) is 2.68. The number of hydrogen-bond donors (Lipinski definition) is 2. The standard InChI is InChI=1S/C21H18N2OS2/c24-17-12-13(18-7-3-9-25-18)11-16-20(17)21(19-8-4-10-26-19)23-15-6-2-1-5-14(15)22-16/h1-10,13,21-23H,11-12H2/t13-,21-/m1/s1. The van der Waals surface area contributed by atoms with E-state index in [1.54, 1.807) is 22.7 Å². The molecule has 3 aromatic rings. The van der Waals surface area contributed by atoms with E-state index in [-0.39, 0.29) is 17.7 Å². The van der Waals surface area contributed by atoms with Gasteiger partial charge in [-0.25, -0.2) is 0 Å². The van der Waals surface area contributed by atoms with Crippen LogP contribution in [0.1, 0.15) is 34.6 Å². The van der Waals surface area contributed by atoms with E-state index in [1.807, 2.05) is 18.2 Å². The van der Waals surface area contributed by atoms with Gasteiger partial charge in [0.2, 0.25) is 0 Å². The largest absolute Gasteiger partial charge is 0.372 e. The van der Waals surface area contributed by atoms with Gasteiger partial charge in [-0.2, -0.15) is 0 Å². The highest BCUT2D eigenvalue weighted by molar-refractivity contribution is 7.10. The van der Waals surface area contributed by atoms with Gasteiger partial charge in [-0.15, -0.1) is 22.7 Å². The number of benzene rings is 1. The summed E-state index contributed by atoms with van der Waals surface area (Å²) in [6, 6.07) is 16.5. The van der Waals surface area contributed by atoms with Crippen molar-refractivity contribution in [2.24, 2.45) is 0 Å². The van der Waals surface area contributed by atoms with Gasteiger partial charge < -0.3 is 10.6 Å². The maximum Gasteiger partial charge on any atom is 0.163 e. The van der Waals surface area contributed by atoms with E-state index < -0.39 is 0 Å². The molecule has 0 fully saturated rings. The fraction of sp³-hybridized carbons (Fsp3) is 0.190. The Balaban J connectivity index is 1.62. The molecule has 26 heavy (non-hydrogen) atoms. The predicted molar refractivity (Wildman–Crippen MR) is 109 cm³/mol. The number of carbonyl (C=O) groups excluding carboxylic acids is 1. The van der Waals surface area contributed by atoms with Crippen molar-refractivity contribution in [2.45, 2.75) is 24.8 Å². The van der Waals surface area contributed by atoms with Gasteiger partial charge >= 0.3 is 0 Å². The molecule has 0 bridgehead atoms. The first-order chi connectivity index (χ1) is 12.8. The Morgan fingerprint density at radius 3 is 2.31 bits per heavy atom. The summed E-state index contributed by atoms with van der Waals surface area (Å²) in [6.07, 6.45) is 1.46. The number of ketones is 1. The number of para-hydroxylation sites is 2. The van der Waals surface area contributed by atoms with Gasteiger partial charge in [0.15, 0.2) is 5.78 Å². The van der Waals surface area contributed by atoms with Crippen LogP contribution >= 0.6 is 22.7 Å². The van der Waals surface area contributed by atoms with Crippen molar-refractivity contribution in [3.63, 3.8) is 0 Å². The van der Waals surface area contributed by atoms with Crippen LogP contribution in [0.3, 0.4) is 0 Å². The van der Waals surface area contributed by atoms with E-state index in [2.05, 4.69) is 51.7 Å². The minimum Gasteiger partial charge on any atom is -0.372 e. The highest BCUT2D eigenvalue weighted by atomic mass is 32.1. The molecule has 2 N–H and O–H groups in total. The number of thiophene rings is 2. The van der Waals surface area contributed by atoms with E-state index in [9.17, 15) is 4.79 Å². The average molecular weight is 379 g/mol. The molecule has 0 saturated heterocycles. The molecular formula is C21H18N2OS2. The van der Waals surface area contributed by atoms with Crippen molar-refractivity contribution in [1.82, 2.24) is 0 Å². The normalized spacial score (nSPS) is 22.1. The van der Waals surface area contributed by atoms with Crippen LogP contribution in [-0.4, -0.2) is 5.78 Å². The highest BCUT2D eigenvalue weighted by Crippen LogP contribution is 2.45. The lowest BCUT2D eigenvalue weighted by Crippen LogP contribution is -2.26. The summed E-state index contributed by atoms with van der Waals surface area (Å²) in [5.41, 5.74) is 4.05. The lowest BCUT2D eigenvalue weighted by Gasteiger charge is -2.28. The summed E-state index contributed by atoms with van der Waals surface area (Å²) in [6.45, 7) is 0. The molecule has 0 radical (unpaired) electrons. The molecule has 1 aliphatic heterocycles. The fourth-order valence-electron chi connectivity index (χ4n) is 3.89. The first kappa shape index (κ1) is 15.9. The van der Waals surface area contributed by atoms with Gasteiger partial charge in [0.25, 0.3) is 0 Å². The zero-order valence-electron chi connectivity index (χ0n) is 14.1. The number of Topliss-reactive ketones (excluding diaryl/α,β-unsaturated/α-hetero) is 1. The van der Waals surface area contributed by atoms with Crippen LogP contribution in [0.2, 0.25) is 0 Å². The Labute approximate surface area is 160 Å². The first-order valence-electron chi connectivity index (χ1n) is 8.75. The summed E-state index contributed by atoms with van der Waals surface area (Å²) < 4.78 is 0. The van der Waals surface area contributed by atoms with E-state index in [0.29, 0.717) is 6.42 Å². The molecule has 3 nitrogen and oxygen atoms in total. The lowest BCUT2D eigenvalue weighted by molar-refractivity contribution is -0.116. The molecule has 0 unspecified atom stereocenters. The number of carbonyl (C=O) groups is 1. The van der Waals surface area contributed by atoms with Crippen LogP contribution in [-0.2, 0) is 4.79 Å². The number of anilines is 2. The SMILES string of the molecule is O=C1C[C@H](c2cccs2)CC2=C1[C@@H](c1cccs1)Nc1ccccc1N2. The maximum atomic E-state index is 13.2. The second-order valence-corrected chi connectivity index (χ2v) is 8.66. The fourth-order valence-corrected chi connectivity index (χ4v) is 5.50. The van der Waals surface area contributed by atoms with Crippen molar-refractivity contribution in [3.05, 3.63) is 80.3 Å². The summed E-state index contributed by atoms with van der Waals surface area (Å²) in [7, 11) is 0. The van der Waals surface area contributed by atoms with E-state index in [0.717, 1.165) is 29.1 Å². The Hall–Kier alpha value is -2.37. The molecule has 2 atom stereocenters. The summed E-state index contributed by atoms with van der Waals surface area (Å²) >= 11 is 3.44. The molecular weight excluding hydrogens is 360 g/mol. The second-order valence-electron chi connectivity index (χ2n) is 6.70. The molecule has 5 rings (SSSR count). The van der Waals surface area contributed by atoms with Crippen molar-refractivity contribution >= 4 is 39.8 Å². The minimum absolute atomic E-state index is 0.0852. The van der Waals surface area contributed by atoms with Crippen LogP contribution in [0.15, 0.2) is 70.6 Å². The van der Waals surface area contributed by atoms with Gasteiger partial charge in [0, 0.05) is 33.4 Å². The van der Waals surface area contributed by atoms with E-state index >= 15 is 0 Å². The van der Waals surface area contributed by atoms with Crippen molar-refractivity contribution in [2.75, 3.05) is 10.6 Å². The molecule has 0 spiro atoms. The number of nitrogens with one attached hydrogen (secondary N) is 2. The Morgan fingerprint density at radius 1 is 0.846 bits per heavy atom. The van der Waals surface area contributed by atoms with Gasteiger partial charge in [0.1, 0.15) is 0 Å². The molecule has 1 aliphatic carbocycles. The molecule has 130 valence electrons. The summed E-state index contributed by atoms with van der Waals surface area (Å²) in [5, 5.41) is 11.4. The Bertz CT molecular complexity index is 973. The van der Waals surface area contributed by atoms with Crippen molar-refractivity contribution in [3.8, 4) is 0 Å². The smallest absolute Gasteiger partial charge is 0.163 e. The van der Waals surface area contributed by atoms with Crippen LogP contribution < -0.4 is 10.6 Å². The van der Waals surface area contributed by atoms with Crippen molar-refractivity contribution in [1.29, 1.82) is 0 Å². The van der Waals surface area contributed by atoms with Crippen LogP contribution in [0.4, 0.5) is 11.4 Å². The van der Waals surface area contributed by atoms with Crippen LogP contribution in [0, 0.1) is 0 Å². The van der Waals surface area contributed by atoms with Gasteiger partial charge in [0.05, 0.1) is 17.4 Å². The topological polar surface area (TPSA) is 41.1 Å². The Morgan fingerprint density at radius 2 is 1.58 bits per heavy atom. The number of fused-ring (bicyclic) bond motifs is 1. The summed E-state index contributed by atoms with van der Waals surface area (Å²) in [4.78, 5) is 15.7. The molecule has 2 aliphatic rings. The zero-order valence-corrected chi connectivity index (χ0v) is 15.7. The Kier molecular flexibility index (Phi) is 3.91. The minimum atomic E-state index is -0.0852. The zero-order chi connectivity index (χ0) is 17.5. The van der Waals surface area contributed by atoms with Gasteiger partial charge in [-0.05, 0) is 41.4 Å². The maximum absolute atomic E-state index is 13.2. The van der Waals surface area contributed by atoms with Crippen molar-refractivity contribution < 1.29 is 4.79 Å². The number of hydrogen-bond acceptors (Lipinski definition) is 5. The van der Waals surface area contributed by atoms with E-state index in [4.69, 9.17) is 0 Å². The van der Waals surface area contributed by atoms with Gasteiger partial charge in [-0.1, -0.05) is 24.3 Å². The van der Waals surface area contributed by atoms with Crippen LogP contribution in [0.5, 0.6) is 0 Å². The molecule has 0 saturated carbocycles. The monoisotopic (exact) mass is 378 g/mol. The molecule has 1 aromatic carbocycles. The quantitative estimate of drug-likeness (QED) is 0.593. The molecule has 3 heterocycles. The number of rotatable bonds is 2. The summed E-state index contributed by atoms with van der Waals surface area (Å²) in [5.74, 6) is 0.513. The number of allylic oxidation sites excluding steroid dienone is 1. The molecule has 5 heteroatoms.